The Bertz CT molecular complexity index is 646. The summed E-state index contributed by atoms with van der Waals surface area (Å²) in [6.07, 6.45) is 0. The molecule has 0 aliphatic carbocycles. The molecule has 0 aliphatic rings. The van der Waals surface area contributed by atoms with Gasteiger partial charge in [0.2, 0.25) is 0 Å². The molecule has 4 heteroatoms. The fraction of sp³-hybridized carbons (Fsp3) is 0.294. The normalized spacial score (nSPS) is 10.6. The van der Waals surface area contributed by atoms with Crippen LogP contribution in [-0.2, 0) is 13.1 Å². The maximum atomic E-state index is 10.9. The zero-order valence-corrected chi connectivity index (χ0v) is 12.6. The lowest BCUT2D eigenvalue weighted by Gasteiger charge is -2.12. The molecule has 0 bridgehead atoms. The second kappa shape index (κ2) is 6.50. The van der Waals surface area contributed by atoms with Gasteiger partial charge in [-0.05, 0) is 43.0 Å². The van der Waals surface area contributed by atoms with Crippen molar-refractivity contribution in [3.63, 3.8) is 0 Å². The summed E-state index contributed by atoms with van der Waals surface area (Å²) in [7, 11) is 0. The summed E-state index contributed by atoms with van der Waals surface area (Å²) in [5.74, 6) is 0. The lowest BCUT2D eigenvalue weighted by atomic mass is 10.0. The van der Waals surface area contributed by atoms with Crippen LogP contribution in [-0.4, -0.2) is 4.92 Å². The van der Waals surface area contributed by atoms with E-state index >= 15 is 0 Å². The van der Waals surface area contributed by atoms with Crippen molar-refractivity contribution in [1.29, 1.82) is 0 Å². The quantitative estimate of drug-likeness (QED) is 0.671. The molecule has 0 spiro atoms. The van der Waals surface area contributed by atoms with Gasteiger partial charge in [0.05, 0.1) is 4.92 Å². The molecule has 0 saturated carbocycles. The second-order valence-electron chi connectivity index (χ2n) is 5.29. The number of nitro benzene ring substituents is 1. The van der Waals surface area contributed by atoms with Crippen LogP contribution in [0.4, 0.5) is 5.69 Å². The third kappa shape index (κ3) is 3.47. The fourth-order valence-corrected chi connectivity index (χ4v) is 2.51. The predicted octanol–water partition coefficient (Wildman–Crippen LogP) is 3.81. The van der Waals surface area contributed by atoms with E-state index in [0.717, 1.165) is 17.7 Å². The van der Waals surface area contributed by atoms with Crippen LogP contribution in [0.1, 0.15) is 27.8 Å². The van der Waals surface area contributed by atoms with E-state index in [1.807, 2.05) is 6.07 Å². The molecule has 0 unspecified atom stereocenters. The van der Waals surface area contributed by atoms with Gasteiger partial charge in [0.15, 0.2) is 0 Å². The van der Waals surface area contributed by atoms with E-state index in [9.17, 15) is 10.1 Å². The van der Waals surface area contributed by atoms with Crippen LogP contribution >= 0.6 is 0 Å². The van der Waals surface area contributed by atoms with Crippen LogP contribution in [0.15, 0.2) is 36.4 Å². The Morgan fingerprint density at radius 3 is 2.24 bits per heavy atom. The highest BCUT2D eigenvalue weighted by atomic mass is 16.6. The number of benzene rings is 2. The predicted molar refractivity (Wildman–Crippen MR) is 84.3 cm³/mol. The highest BCUT2D eigenvalue weighted by molar-refractivity contribution is 5.44. The molecule has 110 valence electrons. The first kappa shape index (κ1) is 15.2. The summed E-state index contributed by atoms with van der Waals surface area (Å²) in [5.41, 5.74) is 5.70. The van der Waals surface area contributed by atoms with Crippen molar-refractivity contribution < 1.29 is 4.92 Å². The Morgan fingerprint density at radius 2 is 1.62 bits per heavy atom. The molecule has 2 aromatic rings. The van der Waals surface area contributed by atoms with Crippen LogP contribution in [0.2, 0.25) is 0 Å². The van der Waals surface area contributed by atoms with Crippen molar-refractivity contribution in [2.45, 2.75) is 33.9 Å². The van der Waals surface area contributed by atoms with E-state index in [0.29, 0.717) is 6.54 Å². The molecular weight excluding hydrogens is 264 g/mol. The largest absolute Gasteiger partial charge is 0.309 e. The number of nitrogens with one attached hydrogen (secondary N) is 1. The van der Waals surface area contributed by atoms with Crippen molar-refractivity contribution in [3.05, 3.63) is 74.3 Å². The Morgan fingerprint density at radius 1 is 1.00 bits per heavy atom. The first-order chi connectivity index (χ1) is 10.0. The molecule has 1 N–H and O–H groups in total. The van der Waals surface area contributed by atoms with Crippen LogP contribution in [0.5, 0.6) is 0 Å². The Kier molecular flexibility index (Phi) is 4.70. The van der Waals surface area contributed by atoms with Crippen molar-refractivity contribution in [3.8, 4) is 0 Å². The molecular formula is C17H20N2O2. The number of nitrogens with zero attached hydrogens (tertiary/aromatic N) is 1. The zero-order valence-electron chi connectivity index (χ0n) is 12.6. The van der Waals surface area contributed by atoms with E-state index in [4.69, 9.17) is 0 Å². The van der Waals surface area contributed by atoms with E-state index in [1.165, 1.54) is 16.7 Å². The zero-order chi connectivity index (χ0) is 15.4. The minimum Gasteiger partial charge on any atom is -0.309 e. The topological polar surface area (TPSA) is 55.2 Å². The van der Waals surface area contributed by atoms with Gasteiger partial charge in [0.1, 0.15) is 0 Å². The molecule has 0 heterocycles. The SMILES string of the molecule is Cc1cccc(C)c1CNCc1cccc([N+](=O)[O-])c1C. The molecule has 0 aromatic heterocycles. The second-order valence-corrected chi connectivity index (χ2v) is 5.29. The number of aryl methyl sites for hydroxylation is 2. The van der Waals surface area contributed by atoms with Crippen molar-refractivity contribution in [1.82, 2.24) is 5.32 Å². The number of hydrogen-bond acceptors (Lipinski definition) is 3. The minimum atomic E-state index is -0.329. The van der Waals surface area contributed by atoms with Gasteiger partial charge in [-0.3, -0.25) is 10.1 Å². The Hall–Kier alpha value is -2.20. The van der Waals surface area contributed by atoms with E-state index < -0.39 is 0 Å². The summed E-state index contributed by atoms with van der Waals surface area (Å²) < 4.78 is 0. The first-order valence-electron chi connectivity index (χ1n) is 6.99. The highest BCUT2D eigenvalue weighted by Gasteiger charge is 2.12. The molecule has 0 aliphatic heterocycles. The number of hydrogen-bond donors (Lipinski definition) is 1. The van der Waals surface area contributed by atoms with E-state index in [2.05, 4.69) is 37.4 Å². The van der Waals surface area contributed by atoms with Gasteiger partial charge in [-0.2, -0.15) is 0 Å². The van der Waals surface area contributed by atoms with Gasteiger partial charge in [-0.1, -0.05) is 30.3 Å². The Balaban J connectivity index is 2.08. The third-order valence-electron chi connectivity index (χ3n) is 3.88. The lowest BCUT2D eigenvalue weighted by molar-refractivity contribution is -0.385. The average molecular weight is 284 g/mol. The molecule has 0 atom stereocenters. The van der Waals surface area contributed by atoms with Crippen molar-refractivity contribution in [2.24, 2.45) is 0 Å². The molecule has 2 aromatic carbocycles. The summed E-state index contributed by atoms with van der Waals surface area (Å²) in [5, 5.41) is 14.3. The molecule has 0 saturated heterocycles. The molecule has 0 radical (unpaired) electrons. The van der Waals surface area contributed by atoms with Gasteiger partial charge in [-0.15, -0.1) is 0 Å². The van der Waals surface area contributed by atoms with E-state index in [-0.39, 0.29) is 10.6 Å². The monoisotopic (exact) mass is 284 g/mol. The van der Waals surface area contributed by atoms with E-state index in [1.54, 1.807) is 19.1 Å². The third-order valence-corrected chi connectivity index (χ3v) is 3.88. The summed E-state index contributed by atoms with van der Waals surface area (Å²) in [6.45, 7) is 7.39. The van der Waals surface area contributed by atoms with Crippen LogP contribution in [0.25, 0.3) is 0 Å². The fourth-order valence-electron chi connectivity index (χ4n) is 2.51. The van der Waals surface area contributed by atoms with Gasteiger partial charge in [0.25, 0.3) is 5.69 Å². The molecule has 0 amide bonds. The maximum Gasteiger partial charge on any atom is 0.272 e. The Labute approximate surface area is 125 Å². The van der Waals surface area contributed by atoms with Crippen LogP contribution < -0.4 is 5.32 Å². The summed E-state index contributed by atoms with van der Waals surface area (Å²) >= 11 is 0. The van der Waals surface area contributed by atoms with Crippen LogP contribution in [0, 0.1) is 30.9 Å². The smallest absolute Gasteiger partial charge is 0.272 e. The average Bonchev–Trinajstić information content (AvgIpc) is 2.43. The van der Waals surface area contributed by atoms with Gasteiger partial charge < -0.3 is 5.32 Å². The van der Waals surface area contributed by atoms with Crippen molar-refractivity contribution in [2.75, 3.05) is 0 Å². The molecule has 0 fully saturated rings. The van der Waals surface area contributed by atoms with Gasteiger partial charge >= 0.3 is 0 Å². The number of rotatable bonds is 5. The molecule has 21 heavy (non-hydrogen) atoms. The lowest BCUT2D eigenvalue weighted by Crippen LogP contribution is -2.15. The standard InChI is InChI=1S/C17H20N2O2/c1-12-6-4-7-13(2)16(12)11-18-10-15-8-5-9-17(14(15)3)19(20)21/h4-9,18H,10-11H2,1-3H3. The number of nitro groups is 1. The maximum absolute atomic E-state index is 10.9. The molecule has 4 nitrogen and oxygen atoms in total. The highest BCUT2D eigenvalue weighted by Crippen LogP contribution is 2.21. The summed E-state index contributed by atoms with van der Waals surface area (Å²) in [4.78, 5) is 10.6. The molecule has 2 rings (SSSR count). The van der Waals surface area contributed by atoms with Crippen molar-refractivity contribution >= 4 is 5.69 Å². The first-order valence-corrected chi connectivity index (χ1v) is 6.99. The van der Waals surface area contributed by atoms with Crippen LogP contribution in [0.3, 0.4) is 0 Å². The summed E-state index contributed by atoms with van der Waals surface area (Å²) in [6, 6.07) is 11.5. The van der Waals surface area contributed by atoms with Gasteiger partial charge in [-0.25, -0.2) is 0 Å². The minimum absolute atomic E-state index is 0.182. The van der Waals surface area contributed by atoms with Gasteiger partial charge in [0, 0.05) is 24.7 Å².